The Morgan fingerprint density at radius 1 is 0.821 bits per heavy atom. The Kier molecular flexibility index (Phi) is 5.55. The lowest BCUT2D eigenvalue weighted by Crippen LogP contribution is -2.17. The summed E-state index contributed by atoms with van der Waals surface area (Å²) in [5, 5.41) is 5.21. The number of Topliss-reactive ketones (excluding diaryl/α,β-unsaturated/α-hetero) is 1. The highest BCUT2D eigenvalue weighted by Crippen LogP contribution is 2.14. The monoisotopic (exact) mass is 377 g/mol. The van der Waals surface area contributed by atoms with E-state index in [1.807, 2.05) is 0 Å². The zero-order valence-electron chi connectivity index (χ0n) is 14.9. The van der Waals surface area contributed by atoms with E-state index in [4.69, 9.17) is 0 Å². The number of pyridine rings is 1. The second-order valence-electron chi connectivity index (χ2n) is 5.98. The van der Waals surface area contributed by atoms with Crippen molar-refractivity contribution in [2.45, 2.75) is 6.92 Å². The molecule has 0 atom stereocenters. The number of anilines is 2. The van der Waals surface area contributed by atoms with Gasteiger partial charge >= 0.3 is 0 Å². The number of carbonyl (C=O) groups is 3. The van der Waals surface area contributed by atoms with Crippen LogP contribution in [0.15, 0.2) is 66.9 Å². The second-order valence-corrected chi connectivity index (χ2v) is 5.98. The van der Waals surface area contributed by atoms with Crippen molar-refractivity contribution in [1.82, 2.24) is 4.98 Å². The van der Waals surface area contributed by atoms with Crippen molar-refractivity contribution >= 4 is 29.0 Å². The number of aromatic nitrogens is 1. The molecule has 0 saturated heterocycles. The van der Waals surface area contributed by atoms with Crippen LogP contribution < -0.4 is 10.6 Å². The van der Waals surface area contributed by atoms with E-state index >= 15 is 0 Å². The smallest absolute Gasteiger partial charge is 0.274 e. The Morgan fingerprint density at radius 3 is 2.21 bits per heavy atom. The molecule has 28 heavy (non-hydrogen) atoms. The Hall–Kier alpha value is -3.87. The summed E-state index contributed by atoms with van der Waals surface area (Å²) < 4.78 is 13.2. The first kappa shape index (κ1) is 18.9. The van der Waals surface area contributed by atoms with Crippen molar-refractivity contribution in [3.8, 4) is 0 Å². The summed E-state index contributed by atoms with van der Waals surface area (Å²) in [4.78, 5) is 40.0. The first-order valence-electron chi connectivity index (χ1n) is 8.38. The molecule has 3 aromatic rings. The Morgan fingerprint density at radius 2 is 1.54 bits per heavy atom. The van der Waals surface area contributed by atoms with Crippen LogP contribution in [0.25, 0.3) is 0 Å². The number of carbonyl (C=O) groups excluding carboxylic acids is 3. The van der Waals surface area contributed by atoms with Crippen LogP contribution in [0, 0.1) is 5.82 Å². The van der Waals surface area contributed by atoms with E-state index in [2.05, 4.69) is 15.6 Å². The predicted octanol–water partition coefficient (Wildman–Crippen LogP) is 3.93. The number of halogens is 1. The number of ketones is 1. The number of hydrogen-bond donors (Lipinski definition) is 2. The van der Waals surface area contributed by atoms with Gasteiger partial charge in [0, 0.05) is 28.7 Å². The Bertz CT molecular complexity index is 1050. The molecule has 2 amide bonds. The molecule has 0 aliphatic rings. The molecule has 0 fully saturated rings. The van der Waals surface area contributed by atoms with Gasteiger partial charge in [0.2, 0.25) is 0 Å². The predicted molar refractivity (Wildman–Crippen MR) is 103 cm³/mol. The van der Waals surface area contributed by atoms with Gasteiger partial charge < -0.3 is 10.6 Å². The summed E-state index contributed by atoms with van der Waals surface area (Å²) in [5.41, 5.74) is 1.59. The molecule has 2 aromatic carbocycles. The molecule has 1 heterocycles. The van der Waals surface area contributed by atoms with Gasteiger partial charge in [-0.15, -0.1) is 0 Å². The molecule has 140 valence electrons. The van der Waals surface area contributed by atoms with Gasteiger partial charge in [-0.2, -0.15) is 0 Å². The fourth-order valence-corrected chi connectivity index (χ4v) is 2.45. The zero-order chi connectivity index (χ0) is 20.1. The lowest BCUT2D eigenvalue weighted by atomic mass is 10.1. The van der Waals surface area contributed by atoms with Crippen molar-refractivity contribution in [3.63, 3.8) is 0 Å². The zero-order valence-corrected chi connectivity index (χ0v) is 14.9. The van der Waals surface area contributed by atoms with E-state index in [0.717, 1.165) is 0 Å². The number of nitrogens with one attached hydrogen (secondary N) is 2. The van der Waals surface area contributed by atoms with Crippen LogP contribution in [0.3, 0.4) is 0 Å². The third kappa shape index (κ3) is 4.64. The van der Waals surface area contributed by atoms with Gasteiger partial charge in [0.05, 0.1) is 0 Å². The maximum absolute atomic E-state index is 13.2. The van der Waals surface area contributed by atoms with Crippen molar-refractivity contribution in [2.75, 3.05) is 10.6 Å². The molecule has 1 aromatic heterocycles. The first-order valence-corrected chi connectivity index (χ1v) is 8.38. The van der Waals surface area contributed by atoms with Gasteiger partial charge in [-0.25, -0.2) is 4.39 Å². The van der Waals surface area contributed by atoms with E-state index < -0.39 is 17.6 Å². The van der Waals surface area contributed by atoms with E-state index in [9.17, 15) is 18.8 Å². The van der Waals surface area contributed by atoms with Crippen LogP contribution in [0.5, 0.6) is 0 Å². The number of nitrogens with zero attached hydrogens (tertiary/aromatic N) is 1. The fourth-order valence-electron chi connectivity index (χ4n) is 2.45. The Labute approximate surface area is 160 Å². The number of benzene rings is 2. The molecule has 2 N–H and O–H groups in total. The van der Waals surface area contributed by atoms with Crippen LogP contribution >= 0.6 is 0 Å². The third-order valence-corrected chi connectivity index (χ3v) is 3.89. The Balaban J connectivity index is 1.72. The highest BCUT2D eigenvalue weighted by molar-refractivity contribution is 6.08. The molecule has 6 nitrogen and oxygen atoms in total. The summed E-state index contributed by atoms with van der Waals surface area (Å²) >= 11 is 0. The van der Waals surface area contributed by atoms with Crippen molar-refractivity contribution in [3.05, 3.63) is 89.5 Å². The minimum atomic E-state index is -0.564. The first-order chi connectivity index (χ1) is 13.4. The number of amides is 2. The molecule has 0 aliphatic heterocycles. The highest BCUT2D eigenvalue weighted by Gasteiger charge is 2.13. The summed E-state index contributed by atoms with van der Waals surface area (Å²) in [6, 6.07) is 14.7. The van der Waals surface area contributed by atoms with Crippen molar-refractivity contribution < 1.29 is 18.8 Å². The van der Waals surface area contributed by atoms with E-state index in [-0.39, 0.29) is 22.7 Å². The van der Waals surface area contributed by atoms with Crippen LogP contribution in [-0.2, 0) is 0 Å². The third-order valence-electron chi connectivity index (χ3n) is 3.89. The molecule has 7 heteroatoms. The quantitative estimate of drug-likeness (QED) is 0.660. The van der Waals surface area contributed by atoms with Gasteiger partial charge in [-0.05, 0) is 61.5 Å². The summed E-state index contributed by atoms with van der Waals surface area (Å²) in [7, 11) is 0. The molecule has 3 rings (SSSR count). The summed E-state index contributed by atoms with van der Waals surface area (Å²) in [6.45, 7) is 1.46. The highest BCUT2D eigenvalue weighted by atomic mass is 19.1. The molecule has 0 unspecified atom stereocenters. The molecule has 0 spiro atoms. The van der Waals surface area contributed by atoms with E-state index in [1.165, 1.54) is 43.5 Å². The molecule has 0 radical (unpaired) electrons. The second kappa shape index (κ2) is 8.22. The van der Waals surface area contributed by atoms with Crippen LogP contribution in [-0.4, -0.2) is 22.6 Å². The maximum Gasteiger partial charge on any atom is 0.274 e. The van der Waals surface area contributed by atoms with Gasteiger partial charge in [-0.3, -0.25) is 19.4 Å². The summed E-state index contributed by atoms with van der Waals surface area (Å²) in [5.74, 6) is -1.54. The average molecular weight is 377 g/mol. The van der Waals surface area contributed by atoms with E-state index in [1.54, 1.807) is 30.3 Å². The number of hydrogen-bond acceptors (Lipinski definition) is 4. The topological polar surface area (TPSA) is 88.2 Å². The molecular weight excluding hydrogens is 361 g/mol. The lowest BCUT2D eigenvalue weighted by molar-refractivity contribution is 0.100. The van der Waals surface area contributed by atoms with Gasteiger partial charge in [-0.1, -0.05) is 6.07 Å². The standard InChI is InChI=1S/C21H16FN3O3/c1-13(26)14-5-7-17(8-6-14)24-20(27)15-9-10-23-19(11-15)21(28)25-18-4-2-3-16(22)12-18/h2-12H,1H3,(H,24,27)(H,25,28). The van der Waals surface area contributed by atoms with Crippen molar-refractivity contribution in [2.24, 2.45) is 0 Å². The van der Waals surface area contributed by atoms with Crippen LogP contribution in [0.1, 0.15) is 38.1 Å². The molecular formula is C21H16FN3O3. The number of rotatable bonds is 5. The van der Waals surface area contributed by atoms with Gasteiger partial charge in [0.25, 0.3) is 11.8 Å². The van der Waals surface area contributed by atoms with Crippen molar-refractivity contribution in [1.29, 1.82) is 0 Å². The minimum absolute atomic E-state index is 0.0174. The summed E-state index contributed by atoms with van der Waals surface area (Å²) in [6.07, 6.45) is 1.34. The molecule has 0 saturated carbocycles. The van der Waals surface area contributed by atoms with Gasteiger partial charge in [0.1, 0.15) is 11.5 Å². The van der Waals surface area contributed by atoms with Crippen LogP contribution in [0.2, 0.25) is 0 Å². The van der Waals surface area contributed by atoms with Gasteiger partial charge in [0.15, 0.2) is 5.78 Å². The van der Waals surface area contributed by atoms with Crippen LogP contribution in [0.4, 0.5) is 15.8 Å². The largest absolute Gasteiger partial charge is 0.322 e. The fraction of sp³-hybridized carbons (Fsp3) is 0.0476. The molecule has 0 bridgehead atoms. The molecule has 0 aliphatic carbocycles. The maximum atomic E-state index is 13.2. The average Bonchev–Trinajstić information content (AvgIpc) is 2.68. The lowest BCUT2D eigenvalue weighted by Gasteiger charge is -2.08. The minimum Gasteiger partial charge on any atom is -0.322 e. The normalized spacial score (nSPS) is 10.2. The SMILES string of the molecule is CC(=O)c1ccc(NC(=O)c2ccnc(C(=O)Nc3cccc(F)c3)c2)cc1. The van der Waals surface area contributed by atoms with E-state index in [0.29, 0.717) is 11.3 Å².